The number of rotatable bonds is 5. The van der Waals surface area contributed by atoms with E-state index in [4.69, 9.17) is 9.47 Å². The number of fused-ring (bicyclic) bond motifs is 1. The van der Waals surface area contributed by atoms with Gasteiger partial charge in [0.25, 0.3) is 0 Å². The van der Waals surface area contributed by atoms with Gasteiger partial charge in [-0.05, 0) is 50.6 Å². The molecule has 2 heterocycles. The van der Waals surface area contributed by atoms with E-state index in [1.54, 1.807) is 0 Å². The Morgan fingerprint density at radius 3 is 2.73 bits per heavy atom. The maximum absolute atomic E-state index is 5.83. The minimum atomic E-state index is 0.438. The second-order valence-electron chi connectivity index (χ2n) is 6.43. The van der Waals surface area contributed by atoms with Gasteiger partial charge in [-0.1, -0.05) is 6.07 Å². The third kappa shape index (κ3) is 3.80. The van der Waals surface area contributed by atoms with Gasteiger partial charge < -0.3 is 14.8 Å². The van der Waals surface area contributed by atoms with Crippen molar-refractivity contribution in [1.29, 1.82) is 0 Å². The lowest BCUT2D eigenvalue weighted by Crippen LogP contribution is -2.38. The first-order chi connectivity index (χ1) is 10.7. The molecule has 4 heteroatoms. The molecule has 0 spiro atoms. The molecule has 0 aromatic heterocycles. The number of morpholine rings is 1. The predicted molar refractivity (Wildman–Crippen MR) is 88.6 cm³/mol. The summed E-state index contributed by atoms with van der Waals surface area (Å²) in [5, 5.41) is 3.73. The third-order valence-electron chi connectivity index (χ3n) is 4.81. The van der Waals surface area contributed by atoms with E-state index < -0.39 is 0 Å². The van der Waals surface area contributed by atoms with E-state index in [-0.39, 0.29) is 0 Å². The molecule has 0 bridgehead atoms. The lowest BCUT2D eigenvalue weighted by molar-refractivity contribution is 0.0373. The van der Waals surface area contributed by atoms with E-state index in [2.05, 4.69) is 36.2 Å². The van der Waals surface area contributed by atoms with Gasteiger partial charge in [0, 0.05) is 31.1 Å². The maximum atomic E-state index is 5.83. The van der Waals surface area contributed by atoms with E-state index in [0.717, 1.165) is 51.6 Å². The predicted octanol–water partition coefficient (Wildman–Crippen LogP) is 2.44. The van der Waals surface area contributed by atoms with Crippen LogP contribution in [-0.4, -0.2) is 50.9 Å². The SMILES string of the molecule is Cc1cc2c(cc1C)C(NCCCN1CCOCC1)CCO2. The van der Waals surface area contributed by atoms with Crippen LogP contribution in [0.4, 0.5) is 0 Å². The van der Waals surface area contributed by atoms with Gasteiger partial charge in [0.15, 0.2) is 0 Å². The highest BCUT2D eigenvalue weighted by Crippen LogP contribution is 2.34. The van der Waals surface area contributed by atoms with Crippen LogP contribution in [0, 0.1) is 13.8 Å². The Labute approximate surface area is 133 Å². The number of benzene rings is 1. The summed E-state index contributed by atoms with van der Waals surface area (Å²) >= 11 is 0. The molecule has 2 aliphatic heterocycles. The summed E-state index contributed by atoms with van der Waals surface area (Å²) in [7, 11) is 0. The van der Waals surface area contributed by atoms with E-state index in [9.17, 15) is 0 Å². The summed E-state index contributed by atoms with van der Waals surface area (Å²) in [5.41, 5.74) is 4.00. The fourth-order valence-electron chi connectivity index (χ4n) is 3.27. The Balaban J connectivity index is 1.50. The van der Waals surface area contributed by atoms with Crippen LogP contribution < -0.4 is 10.1 Å². The molecule has 0 saturated carbocycles. The van der Waals surface area contributed by atoms with Crippen molar-refractivity contribution in [2.75, 3.05) is 46.0 Å². The Morgan fingerprint density at radius 2 is 1.91 bits per heavy atom. The van der Waals surface area contributed by atoms with E-state index in [0.29, 0.717) is 6.04 Å². The highest BCUT2D eigenvalue weighted by molar-refractivity contribution is 5.44. The highest BCUT2D eigenvalue weighted by Gasteiger charge is 2.21. The molecular formula is C18H28N2O2. The van der Waals surface area contributed by atoms with Gasteiger partial charge in [0.1, 0.15) is 5.75 Å². The smallest absolute Gasteiger partial charge is 0.124 e. The number of aryl methyl sites for hydroxylation is 2. The minimum absolute atomic E-state index is 0.438. The van der Waals surface area contributed by atoms with Crippen LogP contribution in [0.3, 0.4) is 0 Å². The van der Waals surface area contributed by atoms with Crippen LogP contribution in [0.25, 0.3) is 0 Å². The Bertz CT molecular complexity index is 498. The molecule has 3 rings (SSSR count). The van der Waals surface area contributed by atoms with Gasteiger partial charge in [-0.3, -0.25) is 4.90 Å². The van der Waals surface area contributed by atoms with Gasteiger partial charge in [-0.25, -0.2) is 0 Å². The second kappa shape index (κ2) is 7.44. The van der Waals surface area contributed by atoms with Gasteiger partial charge in [0.2, 0.25) is 0 Å². The quantitative estimate of drug-likeness (QED) is 0.847. The molecule has 1 atom stereocenters. The summed E-state index contributed by atoms with van der Waals surface area (Å²) in [6, 6.07) is 4.92. The van der Waals surface area contributed by atoms with Crippen molar-refractivity contribution < 1.29 is 9.47 Å². The van der Waals surface area contributed by atoms with Gasteiger partial charge in [0.05, 0.1) is 19.8 Å². The van der Waals surface area contributed by atoms with Gasteiger partial charge >= 0.3 is 0 Å². The second-order valence-corrected chi connectivity index (χ2v) is 6.43. The fourth-order valence-corrected chi connectivity index (χ4v) is 3.27. The summed E-state index contributed by atoms with van der Waals surface area (Å²) in [5.74, 6) is 1.07. The molecule has 0 amide bonds. The zero-order valence-corrected chi connectivity index (χ0v) is 13.9. The molecule has 22 heavy (non-hydrogen) atoms. The van der Waals surface area contributed by atoms with Crippen LogP contribution in [0.1, 0.15) is 35.6 Å². The number of hydrogen-bond donors (Lipinski definition) is 1. The Hall–Kier alpha value is -1.10. The molecule has 1 aromatic carbocycles. The molecule has 122 valence electrons. The molecule has 1 aromatic rings. The van der Waals surface area contributed by atoms with E-state index in [1.165, 1.54) is 29.7 Å². The van der Waals surface area contributed by atoms with Crippen LogP contribution in [0.15, 0.2) is 12.1 Å². The Kier molecular flexibility index (Phi) is 5.34. The molecule has 0 radical (unpaired) electrons. The zero-order valence-electron chi connectivity index (χ0n) is 13.9. The van der Waals surface area contributed by atoms with Gasteiger partial charge in [-0.15, -0.1) is 0 Å². The summed E-state index contributed by atoms with van der Waals surface area (Å²) in [6.07, 6.45) is 2.25. The molecular weight excluding hydrogens is 276 g/mol. The normalized spacial score (nSPS) is 22.2. The van der Waals surface area contributed by atoms with Crippen molar-refractivity contribution in [2.45, 2.75) is 32.7 Å². The molecule has 0 aliphatic carbocycles. The average Bonchev–Trinajstić information content (AvgIpc) is 2.54. The first kappa shape index (κ1) is 15.8. The number of nitrogens with one attached hydrogen (secondary N) is 1. The molecule has 1 fully saturated rings. The van der Waals surface area contributed by atoms with E-state index in [1.807, 2.05) is 0 Å². The van der Waals surface area contributed by atoms with Crippen LogP contribution in [0.5, 0.6) is 5.75 Å². The van der Waals surface area contributed by atoms with Crippen molar-refractivity contribution in [2.24, 2.45) is 0 Å². The molecule has 1 N–H and O–H groups in total. The maximum Gasteiger partial charge on any atom is 0.124 e. The van der Waals surface area contributed by atoms with Crippen LogP contribution >= 0.6 is 0 Å². The molecule has 2 aliphatic rings. The van der Waals surface area contributed by atoms with Crippen molar-refractivity contribution in [3.63, 3.8) is 0 Å². The summed E-state index contributed by atoms with van der Waals surface area (Å²) < 4.78 is 11.2. The van der Waals surface area contributed by atoms with Crippen molar-refractivity contribution in [3.05, 3.63) is 28.8 Å². The Morgan fingerprint density at radius 1 is 1.14 bits per heavy atom. The van der Waals surface area contributed by atoms with Crippen LogP contribution in [0.2, 0.25) is 0 Å². The number of hydrogen-bond acceptors (Lipinski definition) is 4. The van der Waals surface area contributed by atoms with E-state index >= 15 is 0 Å². The average molecular weight is 304 g/mol. The molecule has 4 nitrogen and oxygen atoms in total. The molecule has 1 saturated heterocycles. The van der Waals surface area contributed by atoms with Crippen molar-refractivity contribution >= 4 is 0 Å². The minimum Gasteiger partial charge on any atom is -0.493 e. The number of nitrogens with zero attached hydrogens (tertiary/aromatic N) is 1. The topological polar surface area (TPSA) is 33.7 Å². The monoisotopic (exact) mass is 304 g/mol. The first-order valence-electron chi connectivity index (χ1n) is 8.51. The largest absolute Gasteiger partial charge is 0.493 e. The lowest BCUT2D eigenvalue weighted by Gasteiger charge is -2.29. The summed E-state index contributed by atoms with van der Waals surface area (Å²) in [6.45, 7) is 11.3. The highest BCUT2D eigenvalue weighted by atomic mass is 16.5. The summed E-state index contributed by atoms with van der Waals surface area (Å²) in [4.78, 5) is 2.50. The standard InChI is InChI=1S/C18H28N2O2/c1-14-12-16-17(4-9-22-18(16)13-15(14)2)19-5-3-6-20-7-10-21-11-8-20/h12-13,17,19H,3-11H2,1-2H3. The first-order valence-corrected chi connectivity index (χ1v) is 8.51. The lowest BCUT2D eigenvalue weighted by atomic mass is 9.96. The molecule has 1 unspecified atom stereocenters. The third-order valence-corrected chi connectivity index (χ3v) is 4.81. The van der Waals surface area contributed by atoms with Crippen molar-refractivity contribution in [3.8, 4) is 5.75 Å². The van der Waals surface area contributed by atoms with Gasteiger partial charge in [-0.2, -0.15) is 0 Å². The van der Waals surface area contributed by atoms with Crippen molar-refractivity contribution in [1.82, 2.24) is 10.2 Å². The fraction of sp³-hybridized carbons (Fsp3) is 0.667. The van der Waals surface area contributed by atoms with Crippen LogP contribution in [-0.2, 0) is 4.74 Å². The zero-order chi connectivity index (χ0) is 15.4. The number of ether oxygens (including phenoxy) is 2.